The minimum Gasteiger partial charge on any atom is -0.382 e. The number of nitrogens with zero attached hydrogens (tertiary/aromatic N) is 2. The molecule has 0 saturated heterocycles. The largest absolute Gasteiger partial charge is 0.382 e. The predicted molar refractivity (Wildman–Crippen MR) is 75.0 cm³/mol. The molecule has 0 radical (unpaired) electrons. The molecule has 18 heavy (non-hydrogen) atoms. The van der Waals surface area contributed by atoms with Gasteiger partial charge >= 0.3 is 0 Å². The smallest absolute Gasteiger partial charge is 0.267 e. The minimum atomic E-state index is -0.00786. The van der Waals surface area contributed by atoms with E-state index in [1.807, 2.05) is 20.9 Å². The molecule has 1 aliphatic rings. The standard InChI is InChI=1S/C12H20N4OS/c1-7(2)14-12-15-10(13)9(18-12)11(17)16(3)8-5-4-6-8/h7-8H,4-6,13H2,1-3H3,(H,14,15). The highest BCUT2D eigenvalue weighted by Crippen LogP contribution is 2.30. The van der Waals surface area contributed by atoms with Crippen molar-refractivity contribution in [2.24, 2.45) is 0 Å². The lowest BCUT2D eigenvalue weighted by Gasteiger charge is -2.34. The third-order valence-electron chi connectivity index (χ3n) is 3.20. The van der Waals surface area contributed by atoms with Gasteiger partial charge in [0.05, 0.1) is 0 Å². The number of carbonyl (C=O) groups is 1. The predicted octanol–water partition coefficient (Wildman–Crippen LogP) is 2.17. The molecule has 2 rings (SSSR count). The molecule has 6 heteroatoms. The molecule has 1 amide bonds. The summed E-state index contributed by atoms with van der Waals surface area (Å²) in [5.74, 6) is 0.325. The molecule has 100 valence electrons. The molecule has 1 fully saturated rings. The maximum absolute atomic E-state index is 12.3. The van der Waals surface area contributed by atoms with E-state index in [0.29, 0.717) is 21.9 Å². The van der Waals surface area contributed by atoms with Gasteiger partial charge in [-0.3, -0.25) is 4.79 Å². The third-order valence-corrected chi connectivity index (χ3v) is 4.19. The van der Waals surface area contributed by atoms with Crippen molar-refractivity contribution in [2.75, 3.05) is 18.1 Å². The van der Waals surface area contributed by atoms with Crippen molar-refractivity contribution in [3.05, 3.63) is 4.88 Å². The quantitative estimate of drug-likeness (QED) is 0.878. The summed E-state index contributed by atoms with van der Waals surface area (Å²) in [5.41, 5.74) is 5.83. The van der Waals surface area contributed by atoms with Gasteiger partial charge in [0.15, 0.2) is 5.13 Å². The Labute approximate surface area is 111 Å². The second kappa shape index (κ2) is 5.14. The van der Waals surface area contributed by atoms with Gasteiger partial charge in [0.1, 0.15) is 10.7 Å². The first-order chi connectivity index (χ1) is 8.49. The molecule has 0 spiro atoms. The van der Waals surface area contributed by atoms with E-state index in [0.717, 1.165) is 12.8 Å². The van der Waals surface area contributed by atoms with E-state index in [1.54, 1.807) is 4.90 Å². The van der Waals surface area contributed by atoms with Crippen molar-refractivity contribution in [2.45, 2.75) is 45.2 Å². The molecule has 1 aromatic rings. The van der Waals surface area contributed by atoms with Crippen molar-refractivity contribution >= 4 is 28.2 Å². The summed E-state index contributed by atoms with van der Waals surface area (Å²) >= 11 is 1.34. The zero-order chi connectivity index (χ0) is 13.3. The Morgan fingerprint density at radius 1 is 1.56 bits per heavy atom. The van der Waals surface area contributed by atoms with Gasteiger partial charge in [0.2, 0.25) is 0 Å². The zero-order valence-corrected chi connectivity index (χ0v) is 11.9. The number of nitrogens with one attached hydrogen (secondary N) is 1. The van der Waals surface area contributed by atoms with Crippen LogP contribution in [0.1, 0.15) is 42.8 Å². The first-order valence-corrected chi connectivity index (χ1v) is 7.10. The Morgan fingerprint density at radius 3 is 2.72 bits per heavy atom. The maximum atomic E-state index is 12.3. The van der Waals surface area contributed by atoms with E-state index in [-0.39, 0.29) is 11.9 Å². The number of rotatable bonds is 4. The lowest BCUT2D eigenvalue weighted by molar-refractivity contribution is 0.0658. The summed E-state index contributed by atoms with van der Waals surface area (Å²) in [6.45, 7) is 4.05. The Morgan fingerprint density at radius 2 is 2.22 bits per heavy atom. The van der Waals surface area contributed by atoms with Crippen molar-refractivity contribution in [1.82, 2.24) is 9.88 Å². The van der Waals surface area contributed by atoms with Gasteiger partial charge in [-0.1, -0.05) is 11.3 Å². The second-order valence-corrected chi connectivity index (χ2v) is 6.03. The van der Waals surface area contributed by atoms with E-state index < -0.39 is 0 Å². The molecule has 3 N–H and O–H groups in total. The Hall–Kier alpha value is -1.30. The van der Waals surface area contributed by atoms with E-state index >= 15 is 0 Å². The molecule has 0 bridgehead atoms. The normalized spacial score (nSPS) is 15.6. The molecule has 0 atom stereocenters. The SMILES string of the molecule is CC(C)Nc1nc(N)c(C(=O)N(C)C2CCC2)s1. The van der Waals surface area contributed by atoms with Crippen LogP contribution in [0.5, 0.6) is 0 Å². The molecule has 1 aliphatic carbocycles. The molecule has 1 aromatic heterocycles. The average Bonchev–Trinajstić information content (AvgIpc) is 2.54. The van der Waals surface area contributed by atoms with Crippen LogP contribution in [0.3, 0.4) is 0 Å². The lowest BCUT2D eigenvalue weighted by atomic mass is 9.92. The van der Waals surface area contributed by atoms with E-state index in [2.05, 4.69) is 10.3 Å². The summed E-state index contributed by atoms with van der Waals surface area (Å²) in [5, 5.41) is 3.89. The van der Waals surface area contributed by atoms with Crippen LogP contribution in [-0.4, -0.2) is 34.9 Å². The molecular weight excluding hydrogens is 248 g/mol. The van der Waals surface area contributed by atoms with Gasteiger partial charge in [-0.15, -0.1) is 0 Å². The first-order valence-electron chi connectivity index (χ1n) is 6.29. The summed E-state index contributed by atoms with van der Waals surface area (Å²) in [4.78, 5) is 18.8. The van der Waals surface area contributed by atoms with E-state index in [9.17, 15) is 4.79 Å². The number of aromatic nitrogens is 1. The molecule has 0 aromatic carbocycles. The number of carbonyl (C=O) groups excluding carboxylic acids is 1. The molecule has 5 nitrogen and oxygen atoms in total. The number of hydrogen-bond acceptors (Lipinski definition) is 5. The van der Waals surface area contributed by atoms with Crippen LogP contribution in [0.25, 0.3) is 0 Å². The van der Waals surface area contributed by atoms with E-state index in [4.69, 9.17) is 5.73 Å². The van der Waals surface area contributed by atoms with Crippen LogP contribution in [0.15, 0.2) is 0 Å². The number of hydrogen-bond donors (Lipinski definition) is 2. The number of thiazole rings is 1. The van der Waals surface area contributed by atoms with Gasteiger partial charge in [-0.25, -0.2) is 4.98 Å². The zero-order valence-electron chi connectivity index (χ0n) is 11.1. The van der Waals surface area contributed by atoms with Crippen LogP contribution in [0.2, 0.25) is 0 Å². The van der Waals surface area contributed by atoms with E-state index in [1.165, 1.54) is 17.8 Å². The van der Waals surface area contributed by atoms with Crippen molar-refractivity contribution in [3.63, 3.8) is 0 Å². The molecule has 1 saturated carbocycles. The lowest BCUT2D eigenvalue weighted by Crippen LogP contribution is -2.41. The number of anilines is 2. The van der Waals surface area contributed by atoms with Gasteiger partial charge in [-0.2, -0.15) is 0 Å². The maximum Gasteiger partial charge on any atom is 0.267 e. The second-order valence-electron chi connectivity index (χ2n) is 5.03. The topological polar surface area (TPSA) is 71.2 Å². The molecular formula is C12H20N4OS. The Kier molecular flexibility index (Phi) is 3.75. The first kappa shape index (κ1) is 13.1. The van der Waals surface area contributed by atoms with Crippen LogP contribution < -0.4 is 11.1 Å². The van der Waals surface area contributed by atoms with Crippen LogP contribution in [0, 0.1) is 0 Å². The van der Waals surface area contributed by atoms with Gasteiger partial charge in [0.25, 0.3) is 5.91 Å². The minimum absolute atomic E-state index is 0.00786. The number of amides is 1. The van der Waals surface area contributed by atoms with Crippen LogP contribution >= 0.6 is 11.3 Å². The fourth-order valence-electron chi connectivity index (χ4n) is 1.89. The summed E-state index contributed by atoms with van der Waals surface area (Å²) in [6.07, 6.45) is 3.40. The van der Waals surface area contributed by atoms with Crippen molar-refractivity contribution in [1.29, 1.82) is 0 Å². The third kappa shape index (κ3) is 2.58. The highest BCUT2D eigenvalue weighted by Gasteiger charge is 2.28. The van der Waals surface area contributed by atoms with Crippen LogP contribution in [-0.2, 0) is 0 Å². The van der Waals surface area contributed by atoms with Crippen LogP contribution in [0.4, 0.5) is 10.9 Å². The highest BCUT2D eigenvalue weighted by molar-refractivity contribution is 7.18. The monoisotopic (exact) mass is 268 g/mol. The molecule has 0 aliphatic heterocycles. The fourth-order valence-corrected chi connectivity index (χ4v) is 2.91. The fraction of sp³-hybridized carbons (Fsp3) is 0.667. The summed E-state index contributed by atoms with van der Waals surface area (Å²) in [6, 6.07) is 0.656. The van der Waals surface area contributed by atoms with Crippen molar-refractivity contribution < 1.29 is 4.79 Å². The highest BCUT2D eigenvalue weighted by atomic mass is 32.1. The van der Waals surface area contributed by atoms with Gasteiger partial charge in [0, 0.05) is 19.1 Å². The van der Waals surface area contributed by atoms with Gasteiger partial charge < -0.3 is 16.0 Å². The average molecular weight is 268 g/mol. The number of nitrogens with two attached hydrogens (primary N) is 1. The Bertz CT molecular complexity index is 439. The Balaban J connectivity index is 2.11. The number of nitrogen functional groups attached to an aromatic ring is 1. The molecule has 1 heterocycles. The molecule has 0 unspecified atom stereocenters. The van der Waals surface area contributed by atoms with Crippen molar-refractivity contribution in [3.8, 4) is 0 Å². The van der Waals surface area contributed by atoms with Gasteiger partial charge in [-0.05, 0) is 33.1 Å². The summed E-state index contributed by atoms with van der Waals surface area (Å²) in [7, 11) is 1.85. The summed E-state index contributed by atoms with van der Waals surface area (Å²) < 4.78 is 0.